The van der Waals surface area contributed by atoms with Crippen molar-refractivity contribution in [3.05, 3.63) is 30.3 Å². The van der Waals surface area contributed by atoms with Gasteiger partial charge in [-0.05, 0) is 11.3 Å². The van der Waals surface area contributed by atoms with E-state index in [1.165, 1.54) is 5.19 Å². The van der Waals surface area contributed by atoms with Gasteiger partial charge < -0.3 is 0 Å². The molecule has 0 saturated heterocycles. The van der Waals surface area contributed by atoms with Crippen molar-refractivity contribution in [1.82, 2.24) is 0 Å². The predicted molar refractivity (Wildman–Crippen MR) is 48.3 cm³/mol. The molecule has 1 aromatic rings. The monoisotopic (exact) mass is 147 g/mol. The Labute approximate surface area is 63.7 Å². The lowest BCUT2D eigenvalue weighted by atomic mass is 10.4. The van der Waals surface area contributed by atoms with Crippen LogP contribution in [0.15, 0.2) is 24.3 Å². The quantitative estimate of drug-likeness (QED) is 0.524. The topological polar surface area (TPSA) is 0 Å². The average molecular weight is 147 g/mol. The van der Waals surface area contributed by atoms with Crippen LogP contribution in [-0.4, -0.2) is 14.1 Å². The van der Waals surface area contributed by atoms with Crippen LogP contribution in [0.3, 0.4) is 0 Å². The molecule has 0 saturated carbocycles. The summed E-state index contributed by atoms with van der Waals surface area (Å²) >= 11 is 0. The Kier molecular flexibility index (Phi) is 2.57. The first kappa shape index (κ1) is 7.41. The summed E-state index contributed by atoms with van der Waals surface area (Å²) in [6, 6.07) is 11.3. The molecule has 0 heterocycles. The van der Waals surface area contributed by atoms with Gasteiger partial charge in [-0.3, -0.25) is 0 Å². The minimum Gasteiger partial charge on any atom is -0.103 e. The summed E-state index contributed by atoms with van der Waals surface area (Å²) in [7, 11) is -0.352. The van der Waals surface area contributed by atoms with E-state index in [2.05, 4.69) is 37.3 Å². The van der Waals surface area contributed by atoms with Gasteiger partial charge in [0, 0.05) is 8.41 Å². The Hall–Kier alpha value is -0.693. The molecule has 0 aliphatic heterocycles. The zero-order chi connectivity index (χ0) is 7.40. The molecule has 0 spiro atoms. The highest BCUT2D eigenvalue weighted by Crippen LogP contribution is 1.81. The van der Waals surface area contributed by atoms with Gasteiger partial charge in [0.1, 0.15) is 0 Å². The van der Waals surface area contributed by atoms with Crippen molar-refractivity contribution >= 4 is 19.3 Å². The van der Waals surface area contributed by atoms with E-state index in [-0.39, 0.29) is 8.41 Å². The van der Waals surface area contributed by atoms with Crippen LogP contribution in [-0.2, 0) is 0 Å². The fraction of sp³-hybridized carbons (Fsp3) is 0.222. The molecule has 0 aliphatic rings. The third kappa shape index (κ3) is 1.64. The first-order valence-electron chi connectivity index (χ1n) is 3.44. The molecule has 0 amide bonds. The highest BCUT2D eigenvalue weighted by atomic mass is 28.2. The van der Waals surface area contributed by atoms with Crippen LogP contribution in [0.4, 0.5) is 0 Å². The van der Waals surface area contributed by atoms with Gasteiger partial charge in [0.2, 0.25) is 0 Å². The van der Waals surface area contributed by atoms with E-state index in [4.69, 9.17) is 0 Å². The van der Waals surface area contributed by atoms with Crippen LogP contribution < -0.4 is 5.19 Å². The Bertz CT molecular complexity index is 224. The summed E-state index contributed by atoms with van der Waals surface area (Å²) in [5, 5.41) is 1.46. The van der Waals surface area contributed by atoms with E-state index < -0.39 is 0 Å². The van der Waals surface area contributed by atoms with Crippen LogP contribution in [0.5, 0.6) is 0 Å². The Morgan fingerprint density at radius 2 is 2.00 bits per heavy atom. The van der Waals surface area contributed by atoms with Crippen molar-refractivity contribution in [3.63, 3.8) is 0 Å². The number of hydrogen-bond donors (Lipinski definition) is 0. The second kappa shape index (κ2) is 3.47. The van der Waals surface area contributed by atoms with Gasteiger partial charge in [-0.2, -0.15) is 0 Å². The second-order valence-electron chi connectivity index (χ2n) is 2.26. The Balaban J connectivity index is 2.96. The largest absolute Gasteiger partial charge is 0.103 e. The van der Waals surface area contributed by atoms with Crippen LogP contribution >= 0.6 is 0 Å². The predicted octanol–water partition coefficient (Wildman–Crippen LogP) is 1.22. The minimum atomic E-state index is -0.352. The van der Waals surface area contributed by atoms with Crippen molar-refractivity contribution < 1.29 is 0 Å². The highest BCUT2D eigenvalue weighted by molar-refractivity contribution is 6.76. The van der Waals surface area contributed by atoms with Crippen molar-refractivity contribution in [2.75, 3.05) is 0 Å². The van der Waals surface area contributed by atoms with E-state index in [0.29, 0.717) is 0 Å². The van der Waals surface area contributed by atoms with Gasteiger partial charge >= 0.3 is 0 Å². The molecule has 0 aromatic heterocycles. The molecule has 10 heavy (non-hydrogen) atoms. The van der Waals surface area contributed by atoms with Crippen LogP contribution in [0.25, 0.3) is 0 Å². The average Bonchev–Trinajstić information content (AvgIpc) is 2.05. The summed E-state index contributed by atoms with van der Waals surface area (Å²) in [5.74, 6) is 0. The van der Waals surface area contributed by atoms with Crippen LogP contribution in [0.1, 0.15) is 6.92 Å². The molecule has 51 valence electrons. The minimum absolute atomic E-state index is 0.352. The smallest absolute Gasteiger partial charge is 0.0381 e. The lowest BCUT2D eigenvalue weighted by Gasteiger charge is -1.95. The van der Waals surface area contributed by atoms with Gasteiger partial charge in [-0.1, -0.05) is 37.7 Å². The maximum atomic E-state index is 3.01. The van der Waals surface area contributed by atoms with Gasteiger partial charge in [0.15, 0.2) is 0 Å². The molecule has 0 bridgehead atoms. The molecule has 1 rings (SSSR count). The standard InChI is InChI=1S/C9H11Si/c1-3-10(2)9-7-5-4-6-8-9/h3,5-8H,1-2H3. The van der Waals surface area contributed by atoms with E-state index in [1.807, 2.05) is 12.1 Å². The molecular weight excluding hydrogens is 136 g/mol. The SMILES string of the molecule is CC=[Si](C)c1cc[c]cc1. The van der Waals surface area contributed by atoms with Gasteiger partial charge in [-0.15, -0.1) is 5.67 Å². The third-order valence-corrected chi connectivity index (χ3v) is 3.72. The second-order valence-corrected chi connectivity index (χ2v) is 4.78. The van der Waals surface area contributed by atoms with E-state index >= 15 is 0 Å². The van der Waals surface area contributed by atoms with Crippen molar-refractivity contribution in [1.29, 1.82) is 0 Å². The molecule has 1 heteroatoms. The van der Waals surface area contributed by atoms with Crippen molar-refractivity contribution in [2.45, 2.75) is 13.5 Å². The zero-order valence-electron chi connectivity index (χ0n) is 6.39. The van der Waals surface area contributed by atoms with Crippen molar-refractivity contribution in [3.8, 4) is 0 Å². The molecule has 0 aliphatic carbocycles. The van der Waals surface area contributed by atoms with E-state index in [0.717, 1.165) is 0 Å². The highest BCUT2D eigenvalue weighted by Gasteiger charge is 1.90. The van der Waals surface area contributed by atoms with Crippen LogP contribution in [0, 0.1) is 6.07 Å². The normalized spacial score (nSPS) is 11.6. The molecule has 0 nitrogen and oxygen atoms in total. The Morgan fingerprint density at radius 3 is 2.50 bits per heavy atom. The number of hydrogen-bond acceptors (Lipinski definition) is 0. The number of benzene rings is 1. The molecule has 0 N–H and O–H groups in total. The maximum Gasteiger partial charge on any atom is 0.0381 e. The van der Waals surface area contributed by atoms with Crippen molar-refractivity contribution in [2.24, 2.45) is 0 Å². The first-order chi connectivity index (χ1) is 4.84. The third-order valence-electron chi connectivity index (χ3n) is 1.61. The molecule has 0 atom stereocenters. The van der Waals surface area contributed by atoms with Gasteiger partial charge in [0.25, 0.3) is 0 Å². The fourth-order valence-electron chi connectivity index (χ4n) is 0.816. The lowest BCUT2D eigenvalue weighted by molar-refractivity contribution is 1.74. The molecular formula is C9H11Si. The summed E-state index contributed by atoms with van der Waals surface area (Å²) in [4.78, 5) is 0. The molecule has 0 unspecified atom stereocenters. The van der Waals surface area contributed by atoms with E-state index in [1.54, 1.807) is 0 Å². The summed E-state index contributed by atoms with van der Waals surface area (Å²) in [6.07, 6.45) is 0. The Morgan fingerprint density at radius 1 is 1.40 bits per heavy atom. The molecule has 1 radical (unpaired) electrons. The summed E-state index contributed by atoms with van der Waals surface area (Å²) in [6.45, 7) is 4.42. The molecule has 1 aromatic carbocycles. The summed E-state index contributed by atoms with van der Waals surface area (Å²) < 4.78 is 0. The lowest BCUT2D eigenvalue weighted by Crippen LogP contribution is -2.18. The fourth-order valence-corrected chi connectivity index (χ4v) is 1.84. The van der Waals surface area contributed by atoms with Gasteiger partial charge in [-0.25, -0.2) is 0 Å². The number of rotatable bonds is 1. The zero-order valence-corrected chi connectivity index (χ0v) is 7.39. The maximum absolute atomic E-state index is 3.01. The van der Waals surface area contributed by atoms with Gasteiger partial charge in [0.05, 0.1) is 0 Å². The first-order valence-corrected chi connectivity index (χ1v) is 5.51. The van der Waals surface area contributed by atoms with E-state index in [9.17, 15) is 0 Å². The van der Waals surface area contributed by atoms with Crippen LogP contribution in [0.2, 0.25) is 6.55 Å². The summed E-state index contributed by atoms with van der Waals surface area (Å²) in [5.41, 5.74) is 2.29. The molecule has 0 fully saturated rings.